The molecule has 4 unspecified atom stereocenters. The number of amides is 1. The summed E-state index contributed by atoms with van der Waals surface area (Å²) in [5, 5.41) is 11.2. The Morgan fingerprint density at radius 2 is 1.90 bits per heavy atom. The summed E-state index contributed by atoms with van der Waals surface area (Å²) in [4.78, 5) is 45.3. The number of hydrogen-bond donors (Lipinski definition) is 4. The van der Waals surface area contributed by atoms with Crippen molar-refractivity contribution in [2.75, 3.05) is 0 Å². The van der Waals surface area contributed by atoms with Crippen molar-refractivity contribution >= 4 is 28.4 Å². The molecule has 4 atom stereocenters. The molecule has 2 aromatic heterocycles. The minimum Gasteiger partial charge on any atom is -0.390 e. The van der Waals surface area contributed by atoms with Crippen molar-refractivity contribution in [2.45, 2.75) is 70.1 Å². The molecule has 41 heavy (non-hydrogen) atoms. The molecule has 5 N–H and O–H groups in total. The third kappa shape index (κ3) is 4.33. The Balaban J connectivity index is 1.54. The van der Waals surface area contributed by atoms with Crippen LogP contribution in [0.4, 0.5) is 4.39 Å². The predicted octanol–water partition coefficient (Wildman–Crippen LogP) is 4.29. The first-order chi connectivity index (χ1) is 19.4. The Morgan fingerprint density at radius 3 is 2.61 bits per heavy atom. The summed E-state index contributed by atoms with van der Waals surface area (Å²) < 4.78 is 17.3. The molecule has 6 rings (SSSR count). The van der Waals surface area contributed by atoms with Crippen molar-refractivity contribution in [3.05, 3.63) is 95.9 Å². The Labute approximate surface area is 240 Å². The van der Waals surface area contributed by atoms with Crippen LogP contribution >= 0.6 is 11.6 Å². The van der Waals surface area contributed by atoms with Gasteiger partial charge in [0, 0.05) is 17.3 Å². The standard InChI is InChI=1S/C31H32ClFN4O4/c1-14-16(6-5-9-23(14)37-29(39)18-7-4-8-20(32)26(18)36-30(37)40)24-21(33)13-19(28(34)38)27-25(24)17-11-10-15(31(2,3)41)12-22(17)35-27/h4-9,15,19,21,24,35,41H,10-13H2,1-3H3,(H2,34,38)(H,36,40). The summed E-state index contributed by atoms with van der Waals surface area (Å²) in [7, 11) is 0. The zero-order chi connectivity index (χ0) is 29.4. The number of aliphatic hydroxyl groups is 1. The van der Waals surface area contributed by atoms with E-state index in [9.17, 15) is 19.5 Å². The molecule has 2 aromatic carbocycles. The molecule has 214 valence electrons. The van der Waals surface area contributed by atoms with Gasteiger partial charge in [0.15, 0.2) is 0 Å². The van der Waals surface area contributed by atoms with E-state index in [0.29, 0.717) is 35.3 Å². The van der Waals surface area contributed by atoms with Crippen LogP contribution < -0.4 is 17.0 Å². The van der Waals surface area contributed by atoms with Crippen molar-refractivity contribution < 1.29 is 14.3 Å². The number of hydrogen-bond acceptors (Lipinski definition) is 4. The Bertz CT molecular complexity index is 1830. The number of para-hydroxylation sites is 1. The molecule has 0 spiro atoms. The number of nitrogens with two attached hydrogens (primary N) is 1. The van der Waals surface area contributed by atoms with Crippen LogP contribution in [-0.4, -0.2) is 37.3 Å². The number of nitrogens with zero attached hydrogens (tertiary/aromatic N) is 1. The summed E-state index contributed by atoms with van der Waals surface area (Å²) in [5.74, 6) is -2.12. The zero-order valence-corrected chi connectivity index (χ0v) is 23.8. The van der Waals surface area contributed by atoms with E-state index in [4.69, 9.17) is 17.3 Å². The molecular formula is C31H32ClFN4O4. The average molecular weight is 579 g/mol. The molecule has 1 amide bonds. The van der Waals surface area contributed by atoms with Gasteiger partial charge in [-0.25, -0.2) is 13.8 Å². The van der Waals surface area contributed by atoms with Gasteiger partial charge in [0.25, 0.3) is 5.56 Å². The largest absolute Gasteiger partial charge is 0.390 e. The lowest BCUT2D eigenvalue weighted by atomic mass is 9.70. The van der Waals surface area contributed by atoms with Crippen molar-refractivity contribution in [3.8, 4) is 5.69 Å². The highest BCUT2D eigenvalue weighted by Crippen LogP contribution is 2.49. The fourth-order valence-electron chi connectivity index (χ4n) is 6.90. The number of aromatic amines is 2. The Morgan fingerprint density at radius 1 is 1.17 bits per heavy atom. The molecule has 0 fully saturated rings. The number of fused-ring (bicyclic) bond motifs is 4. The van der Waals surface area contributed by atoms with Crippen LogP contribution in [0.15, 0.2) is 46.0 Å². The van der Waals surface area contributed by atoms with Gasteiger partial charge in [-0.3, -0.25) is 9.59 Å². The van der Waals surface area contributed by atoms with Crippen molar-refractivity contribution in [1.82, 2.24) is 14.5 Å². The van der Waals surface area contributed by atoms with E-state index < -0.39 is 40.8 Å². The molecule has 0 aliphatic heterocycles. The number of nitrogens with one attached hydrogen (secondary N) is 2. The number of alkyl halides is 1. The zero-order valence-electron chi connectivity index (χ0n) is 23.1. The first-order valence-corrected chi connectivity index (χ1v) is 14.2. The second kappa shape index (κ2) is 9.70. The monoisotopic (exact) mass is 578 g/mol. The highest BCUT2D eigenvalue weighted by atomic mass is 35.5. The lowest BCUT2D eigenvalue weighted by Crippen LogP contribution is -2.36. The maximum absolute atomic E-state index is 16.2. The van der Waals surface area contributed by atoms with Gasteiger partial charge in [-0.2, -0.15) is 0 Å². The van der Waals surface area contributed by atoms with E-state index in [0.717, 1.165) is 27.8 Å². The van der Waals surface area contributed by atoms with Gasteiger partial charge in [-0.1, -0.05) is 29.8 Å². The van der Waals surface area contributed by atoms with Gasteiger partial charge >= 0.3 is 5.69 Å². The van der Waals surface area contributed by atoms with E-state index in [1.807, 2.05) is 6.07 Å². The molecule has 0 saturated carbocycles. The van der Waals surface area contributed by atoms with Crippen LogP contribution in [0.5, 0.6) is 0 Å². The number of H-pyrrole nitrogens is 2. The lowest BCUT2D eigenvalue weighted by molar-refractivity contribution is -0.120. The maximum Gasteiger partial charge on any atom is 0.333 e. The van der Waals surface area contributed by atoms with Crippen molar-refractivity contribution in [1.29, 1.82) is 0 Å². The number of benzene rings is 2. The van der Waals surface area contributed by atoms with Gasteiger partial charge < -0.3 is 20.8 Å². The third-order valence-corrected chi connectivity index (χ3v) is 9.40. The van der Waals surface area contributed by atoms with E-state index in [-0.39, 0.29) is 28.3 Å². The van der Waals surface area contributed by atoms with Crippen LogP contribution in [-0.2, 0) is 17.6 Å². The minimum absolute atomic E-state index is 0.00632. The summed E-state index contributed by atoms with van der Waals surface area (Å²) in [5.41, 5.74) is 8.70. The van der Waals surface area contributed by atoms with E-state index in [1.165, 1.54) is 0 Å². The molecule has 10 heteroatoms. The fraction of sp³-hybridized carbons (Fsp3) is 0.387. The van der Waals surface area contributed by atoms with Crippen LogP contribution in [0.25, 0.3) is 16.6 Å². The van der Waals surface area contributed by atoms with Gasteiger partial charge in [-0.05, 0) is 92.8 Å². The third-order valence-electron chi connectivity index (χ3n) is 9.09. The van der Waals surface area contributed by atoms with Gasteiger partial charge in [0.1, 0.15) is 6.17 Å². The van der Waals surface area contributed by atoms with Gasteiger partial charge in [0.05, 0.1) is 33.1 Å². The van der Waals surface area contributed by atoms with Crippen LogP contribution in [0, 0.1) is 12.8 Å². The number of carbonyl (C=O) groups excluding carboxylic acids is 1. The quantitative estimate of drug-likeness (QED) is 0.287. The molecule has 0 radical (unpaired) electrons. The van der Waals surface area contributed by atoms with Gasteiger partial charge in [0.2, 0.25) is 5.91 Å². The SMILES string of the molecule is Cc1c(C2c3c([nH]c4c3CCC(C(C)(C)O)C4)C(C(N)=O)CC2F)cccc1-n1c(=O)[nH]c2c(Cl)cccc2c1=O. The van der Waals surface area contributed by atoms with Gasteiger partial charge in [-0.15, -0.1) is 0 Å². The highest BCUT2D eigenvalue weighted by molar-refractivity contribution is 6.34. The Kier molecular flexibility index (Phi) is 6.50. The lowest BCUT2D eigenvalue weighted by Gasteiger charge is -2.35. The van der Waals surface area contributed by atoms with Crippen molar-refractivity contribution in [3.63, 3.8) is 0 Å². The second-order valence-electron chi connectivity index (χ2n) is 11.9. The first kappa shape index (κ1) is 27.5. The van der Waals surface area contributed by atoms with E-state index in [1.54, 1.807) is 51.1 Å². The molecule has 2 aliphatic carbocycles. The molecule has 2 aliphatic rings. The van der Waals surface area contributed by atoms with Crippen molar-refractivity contribution in [2.24, 2.45) is 11.7 Å². The van der Waals surface area contributed by atoms with E-state index >= 15 is 4.39 Å². The molecule has 8 nitrogen and oxygen atoms in total. The molecule has 0 bridgehead atoms. The number of halogens is 2. The van der Waals surface area contributed by atoms with Crippen LogP contribution in [0.2, 0.25) is 5.02 Å². The molecule has 2 heterocycles. The average Bonchev–Trinajstić information content (AvgIpc) is 3.28. The predicted molar refractivity (Wildman–Crippen MR) is 156 cm³/mol. The smallest absolute Gasteiger partial charge is 0.333 e. The minimum atomic E-state index is -1.42. The number of aromatic nitrogens is 3. The summed E-state index contributed by atoms with van der Waals surface area (Å²) in [6, 6.07) is 10.0. The summed E-state index contributed by atoms with van der Waals surface area (Å²) >= 11 is 6.23. The topological polar surface area (TPSA) is 134 Å². The number of carbonyl (C=O) groups is 1. The molecule has 0 saturated heterocycles. The Hall–Kier alpha value is -3.69. The molecular weight excluding hydrogens is 547 g/mol. The summed E-state index contributed by atoms with van der Waals surface area (Å²) in [6.07, 6.45) is 0.402. The first-order valence-electron chi connectivity index (χ1n) is 13.8. The highest BCUT2D eigenvalue weighted by Gasteiger charge is 2.44. The fourth-order valence-corrected chi connectivity index (χ4v) is 7.12. The second-order valence-corrected chi connectivity index (χ2v) is 12.3. The number of rotatable bonds is 4. The number of primary amides is 1. The van der Waals surface area contributed by atoms with Crippen LogP contribution in [0.1, 0.15) is 72.2 Å². The van der Waals surface area contributed by atoms with E-state index in [2.05, 4.69) is 9.97 Å². The maximum atomic E-state index is 16.2. The summed E-state index contributed by atoms with van der Waals surface area (Å²) in [6.45, 7) is 5.35. The molecule has 4 aromatic rings. The van der Waals surface area contributed by atoms with Crippen LogP contribution in [0.3, 0.4) is 0 Å². The normalized spacial score (nSPS) is 22.4.